The zero-order chi connectivity index (χ0) is 12.5. The van der Waals surface area contributed by atoms with Gasteiger partial charge in [-0.15, -0.1) is 11.3 Å². The standard InChI is InChI=1S/C15H12BrNS/c1-10-6-7-12(16)8-11(10)9-15-17-13-4-2-3-5-14(13)18-15/h2-8H,9H2,1H3. The minimum absolute atomic E-state index is 0.907. The van der Waals surface area contributed by atoms with Gasteiger partial charge in [0.15, 0.2) is 0 Å². The van der Waals surface area contributed by atoms with E-state index in [9.17, 15) is 0 Å². The van der Waals surface area contributed by atoms with Crippen LogP contribution in [0.15, 0.2) is 46.9 Å². The molecule has 0 N–H and O–H groups in total. The van der Waals surface area contributed by atoms with E-state index in [-0.39, 0.29) is 0 Å². The maximum absolute atomic E-state index is 4.68. The average molecular weight is 318 g/mol. The fourth-order valence-electron chi connectivity index (χ4n) is 1.99. The number of thiazole rings is 1. The fourth-order valence-corrected chi connectivity index (χ4v) is 3.39. The van der Waals surface area contributed by atoms with Crippen molar-refractivity contribution in [1.82, 2.24) is 4.98 Å². The van der Waals surface area contributed by atoms with Crippen molar-refractivity contribution in [1.29, 1.82) is 0 Å². The van der Waals surface area contributed by atoms with Crippen LogP contribution in [-0.2, 0) is 6.42 Å². The van der Waals surface area contributed by atoms with Crippen LogP contribution in [-0.4, -0.2) is 4.98 Å². The lowest BCUT2D eigenvalue weighted by molar-refractivity contribution is 1.12. The van der Waals surface area contributed by atoms with Gasteiger partial charge in [0, 0.05) is 10.9 Å². The minimum Gasteiger partial charge on any atom is -0.241 e. The summed E-state index contributed by atoms with van der Waals surface area (Å²) in [7, 11) is 0. The lowest BCUT2D eigenvalue weighted by atomic mass is 10.1. The van der Waals surface area contributed by atoms with Crippen LogP contribution < -0.4 is 0 Å². The number of para-hydroxylation sites is 1. The molecule has 90 valence electrons. The topological polar surface area (TPSA) is 12.9 Å². The Bertz CT molecular complexity index is 670. The Labute approximate surface area is 119 Å². The Morgan fingerprint density at radius 1 is 1.17 bits per heavy atom. The van der Waals surface area contributed by atoms with Gasteiger partial charge in [0.05, 0.1) is 15.2 Å². The summed E-state index contributed by atoms with van der Waals surface area (Å²) in [5.41, 5.74) is 3.76. The molecule has 0 aliphatic rings. The molecule has 0 amide bonds. The van der Waals surface area contributed by atoms with E-state index in [4.69, 9.17) is 0 Å². The highest BCUT2D eigenvalue weighted by molar-refractivity contribution is 9.10. The minimum atomic E-state index is 0.907. The molecule has 0 fully saturated rings. The molecule has 1 heterocycles. The molecule has 0 spiro atoms. The Kier molecular flexibility index (Phi) is 3.18. The van der Waals surface area contributed by atoms with E-state index >= 15 is 0 Å². The molecule has 2 aromatic carbocycles. The SMILES string of the molecule is Cc1ccc(Br)cc1Cc1nc2ccccc2s1. The van der Waals surface area contributed by atoms with Gasteiger partial charge >= 0.3 is 0 Å². The van der Waals surface area contributed by atoms with Crippen LogP contribution in [0.4, 0.5) is 0 Å². The third-order valence-electron chi connectivity index (χ3n) is 2.99. The van der Waals surface area contributed by atoms with Gasteiger partial charge in [-0.05, 0) is 42.3 Å². The number of nitrogens with zero attached hydrogens (tertiary/aromatic N) is 1. The molecule has 3 heteroatoms. The molecule has 0 bridgehead atoms. The monoisotopic (exact) mass is 317 g/mol. The van der Waals surface area contributed by atoms with Gasteiger partial charge in [0.25, 0.3) is 0 Å². The molecular formula is C15H12BrNS. The second-order valence-corrected chi connectivity index (χ2v) is 6.35. The quantitative estimate of drug-likeness (QED) is 0.651. The molecule has 0 atom stereocenters. The first-order valence-corrected chi connectivity index (χ1v) is 7.43. The predicted molar refractivity (Wildman–Crippen MR) is 81.3 cm³/mol. The van der Waals surface area contributed by atoms with Crippen molar-refractivity contribution in [2.75, 3.05) is 0 Å². The number of aryl methyl sites for hydroxylation is 1. The summed E-state index contributed by atoms with van der Waals surface area (Å²) in [4.78, 5) is 4.68. The Hall–Kier alpha value is -1.19. The van der Waals surface area contributed by atoms with E-state index < -0.39 is 0 Å². The highest BCUT2D eigenvalue weighted by Crippen LogP contribution is 2.25. The second-order valence-electron chi connectivity index (χ2n) is 4.32. The van der Waals surface area contributed by atoms with Crippen molar-refractivity contribution in [3.63, 3.8) is 0 Å². The average Bonchev–Trinajstić information content (AvgIpc) is 2.76. The summed E-state index contributed by atoms with van der Waals surface area (Å²) >= 11 is 5.31. The smallest absolute Gasteiger partial charge is 0.0982 e. The first kappa shape index (κ1) is 11.9. The largest absolute Gasteiger partial charge is 0.241 e. The molecule has 0 saturated heterocycles. The zero-order valence-electron chi connectivity index (χ0n) is 9.98. The Morgan fingerprint density at radius 3 is 2.83 bits per heavy atom. The van der Waals surface area contributed by atoms with E-state index in [1.165, 1.54) is 20.8 Å². The third-order valence-corrected chi connectivity index (χ3v) is 4.52. The van der Waals surface area contributed by atoms with Crippen LogP contribution in [0.1, 0.15) is 16.1 Å². The summed E-state index contributed by atoms with van der Waals surface area (Å²) in [5.74, 6) is 0. The molecule has 1 nitrogen and oxygen atoms in total. The molecule has 3 aromatic rings. The molecule has 0 aliphatic heterocycles. The van der Waals surface area contributed by atoms with Gasteiger partial charge in [-0.1, -0.05) is 34.1 Å². The van der Waals surface area contributed by atoms with Crippen LogP contribution in [0.25, 0.3) is 10.2 Å². The summed E-state index contributed by atoms with van der Waals surface area (Å²) < 4.78 is 2.39. The van der Waals surface area contributed by atoms with E-state index in [2.05, 4.69) is 64.2 Å². The third kappa shape index (κ3) is 2.33. The maximum atomic E-state index is 4.68. The lowest BCUT2D eigenvalue weighted by Crippen LogP contribution is -1.90. The number of halogens is 1. The van der Waals surface area contributed by atoms with Crippen molar-refractivity contribution < 1.29 is 0 Å². The van der Waals surface area contributed by atoms with Gasteiger partial charge in [0.2, 0.25) is 0 Å². The number of aromatic nitrogens is 1. The molecular weight excluding hydrogens is 306 g/mol. The van der Waals surface area contributed by atoms with Crippen LogP contribution in [0, 0.1) is 6.92 Å². The van der Waals surface area contributed by atoms with E-state index in [0.29, 0.717) is 0 Å². The Morgan fingerprint density at radius 2 is 2.00 bits per heavy atom. The number of hydrogen-bond donors (Lipinski definition) is 0. The lowest BCUT2D eigenvalue weighted by Gasteiger charge is -2.03. The molecule has 0 saturated carbocycles. The van der Waals surface area contributed by atoms with Gasteiger partial charge in [-0.3, -0.25) is 0 Å². The first-order chi connectivity index (χ1) is 8.72. The summed E-state index contributed by atoms with van der Waals surface area (Å²) in [6.07, 6.45) is 0.907. The van der Waals surface area contributed by atoms with Crippen molar-refractivity contribution in [2.24, 2.45) is 0 Å². The van der Waals surface area contributed by atoms with Gasteiger partial charge in [-0.2, -0.15) is 0 Å². The van der Waals surface area contributed by atoms with Crippen molar-refractivity contribution in [2.45, 2.75) is 13.3 Å². The van der Waals surface area contributed by atoms with Crippen molar-refractivity contribution in [3.05, 3.63) is 63.1 Å². The highest BCUT2D eigenvalue weighted by atomic mass is 79.9. The van der Waals surface area contributed by atoms with Crippen LogP contribution in [0.2, 0.25) is 0 Å². The molecule has 0 unspecified atom stereocenters. The maximum Gasteiger partial charge on any atom is 0.0982 e. The summed E-state index contributed by atoms with van der Waals surface area (Å²) in [6.45, 7) is 2.15. The van der Waals surface area contributed by atoms with E-state index in [0.717, 1.165) is 16.4 Å². The van der Waals surface area contributed by atoms with Gasteiger partial charge in [-0.25, -0.2) is 4.98 Å². The van der Waals surface area contributed by atoms with E-state index in [1.807, 2.05) is 6.07 Å². The number of rotatable bonds is 2. The van der Waals surface area contributed by atoms with Gasteiger partial charge < -0.3 is 0 Å². The fraction of sp³-hybridized carbons (Fsp3) is 0.133. The zero-order valence-corrected chi connectivity index (χ0v) is 12.4. The van der Waals surface area contributed by atoms with Crippen molar-refractivity contribution in [3.8, 4) is 0 Å². The second kappa shape index (κ2) is 4.82. The number of benzene rings is 2. The van der Waals surface area contributed by atoms with Gasteiger partial charge in [0.1, 0.15) is 0 Å². The Balaban J connectivity index is 1.98. The highest BCUT2D eigenvalue weighted by Gasteiger charge is 2.06. The molecule has 0 radical (unpaired) electrons. The molecule has 3 rings (SSSR count). The summed E-state index contributed by atoms with van der Waals surface area (Å²) in [5, 5.41) is 1.18. The number of hydrogen-bond acceptors (Lipinski definition) is 2. The first-order valence-electron chi connectivity index (χ1n) is 5.82. The van der Waals surface area contributed by atoms with Crippen LogP contribution in [0.3, 0.4) is 0 Å². The summed E-state index contributed by atoms with van der Waals surface area (Å²) in [6, 6.07) is 14.7. The molecule has 1 aromatic heterocycles. The molecule has 18 heavy (non-hydrogen) atoms. The normalized spacial score (nSPS) is 11.0. The van der Waals surface area contributed by atoms with Crippen LogP contribution >= 0.6 is 27.3 Å². The van der Waals surface area contributed by atoms with E-state index in [1.54, 1.807) is 11.3 Å². The molecule has 0 aliphatic carbocycles. The van der Waals surface area contributed by atoms with Crippen molar-refractivity contribution >= 4 is 37.5 Å². The van der Waals surface area contributed by atoms with Crippen LogP contribution in [0.5, 0.6) is 0 Å². The predicted octanol–water partition coefficient (Wildman–Crippen LogP) is 4.96. The number of fused-ring (bicyclic) bond motifs is 1.